The molecular formula is C55H61N9O7. The lowest BCUT2D eigenvalue weighted by Crippen LogP contribution is -2.54. The van der Waals surface area contributed by atoms with E-state index in [1.807, 2.05) is 46.2 Å². The van der Waals surface area contributed by atoms with Crippen LogP contribution in [0.25, 0.3) is 21.7 Å². The highest BCUT2D eigenvalue weighted by Gasteiger charge is 2.45. The summed E-state index contributed by atoms with van der Waals surface area (Å²) in [5.74, 6) is -2.22. The van der Waals surface area contributed by atoms with Crippen molar-refractivity contribution in [3.63, 3.8) is 0 Å². The van der Waals surface area contributed by atoms with Gasteiger partial charge in [0.05, 0.1) is 28.3 Å². The van der Waals surface area contributed by atoms with E-state index >= 15 is 0 Å². The molecular weight excluding hydrogens is 899 g/mol. The molecule has 368 valence electrons. The number of carbonyl (C=O) groups excluding carboxylic acids is 7. The van der Waals surface area contributed by atoms with Crippen molar-refractivity contribution in [2.24, 2.45) is 0 Å². The van der Waals surface area contributed by atoms with Gasteiger partial charge >= 0.3 is 0 Å². The van der Waals surface area contributed by atoms with Gasteiger partial charge in [0.1, 0.15) is 6.04 Å². The number of imide groups is 2. The van der Waals surface area contributed by atoms with Crippen molar-refractivity contribution in [2.45, 2.75) is 95.9 Å². The van der Waals surface area contributed by atoms with Crippen LogP contribution in [0.3, 0.4) is 0 Å². The molecule has 16 nitrogen and oxygen atoms in total. The number of rotatable bonds is 22. The van der Waals surface area contributed by atoms with E-state index in [1.165, 1.54) is 11.6 Å². The van der Waals surface area contributed by atoms with E-state index in [2.05, 4.69) is 50.5 Å². The van der Waals surface area contributed by atoms with Gasteiger partial charge in [-0.05, 0) is 90.6 Å². The van der Waals surface area contributed by atoms with Gasteiger partial charge in [0, 0.05) is 93.6 Å². The number of aromatic nitrogens is 1. The highest BCUT2D eigenvalue weighted by molar-refractivity contribution is 6.25. The summed E-state index contributed by atoms with van der Waals surface area (Å²) >= 11 is 0. The average molecular weight is 960 g/mol. The van der Waals surface area contributed by atoms with Crippen molar-refractivity contribution in [2.75, 3.05) is 56.4 Å². The number of nitrogens with zero attached hydrogens (tertiary/aromatic N) is 5. The third kappa shape index (κ3) is 12.4. The number of carbonyl (C=O) groups is 7. The highest BCUT2D eigenvalue weighted by atomic mass is 16.2. The molecule has 0 spiro atoms. The summed E-state index contributed by atoms with van der Waals surface area (Å²) in [6.45, 7) is 3.68. The van der Waals surface area contributed by atoms with E-state index in [-0.39, 0.29) is 54.7 Å². The number of pyridine rings is 1. The van der Waals surface area contributed by atoms with Gasteiger partial charge in [-0.2, -0.15) is 5.26 Å². The Bertz CT molecular complexity index is 2870. The smallest absolute Gasteiger partial charge is 0.264 e. The van der Waals surface area contributed by atoms with Gasteiger partial charge in [0.15, 0.2) is 0 Å². The Kier molecular flexibility index (Phi) is 16.6. The minimum Gasteiger partial charge on any atom is -0.384 e. The van der Waals surface area contributed by atoms with Crippen LogP contribution in [0.5, 0.6) is 0 Å². The summed E-state index contributed by atoms with van der Waals surface area (Å²) < 4.78 is 0. The molecule has 0 bridgehead atoms. The summed E-state index contributed by atoms with van der Waals surface area (Å²) in [7, 11) is 0. The predicted molar refractivity (Wildman–Crippen MR) is 270 cm³/mol. The zero-order chi connectivity index (χ0) is 49.7. The fourth-order valence-corrected chi connectivity index (χ4v) is 9.72. The molecule has 71 heavy (non-hydrogen) atoms. The Labute approximate surface area is 413 Å². The van der Waals surface area contributed by atoms with Crippen LogP contribution in [-0.2, 0) is 25.6 Å². The molecule has 7 amide bonds. The normalized spacial score (nSPS) is 15.7. The fraction of sp³-hybridized carbons (Fsp3) is 0.400. The quantitative estimate of drug-likeness (QED) is 0.0405. The fourth-order valence-electron chi connectivity index (χ4n) is 9.72. The number of benzene rings is 4. The number of piperidine rings is 1. The zero-order valence-electron chi connectivity index (χ0n) is 40.1. The topological polar surface area (TPSA) is 214 Å². The molecule has 0 aliphatic carbocycles. The summed E-state index contributed by atoms with van der Waals surface area (Å²) in [5, 5.41) is 24.1. The second kappa shape index (κ2) is 23.8. The Hall–Kier alpha value is -7.67. The lowest BCUT2D eigenvalue weighted by molar-refractivity contribution is -0.136. The van der Waals surface area contributed by atoms with Crippen molar-refractivity contribution < 1.29 is 33.6 Å². The van der Waals surface area contributed by atoms with E-state index in [0.717, 1.165) is 96.5 Å². The molecule has 3 aliphatic rings. The molecule has 4 N–H and O–H groups in total. The van der Waals surface area contributed by atoms with Crippen LogP contribution in [0.2, 0.25) is 0 Å². The second-order valence-electron chi connectivity index (χ2n) is 18.6. The van der Waals surface area contributed by atoms with E-state index in [0.29, 0.717) is 62.5 Å². The lowest BCUT2D eigenvalue weighted by Gasteiger charge is -2.35. The molecule has 3 aliphatic heterocycles. The Balaban J connectivity index is 0.636. The number of nitriles is 1. The first-order chi connectivity index (χ1) is 34.6. The van der Waals surface area contributed by atoms with E-state index in [1.54, 1.807) is 24.4 Å². The number of nitrogens with one attached hydrogen (secondary N) is 4. The maximum Gasteiger partial charge on any atom is 0.264 e. The van der Waals surface area contributed by atoms with Crippen molar-refractivity contribution in [1.29, 1.82) is 5.26 Å². The zero-order valence-corrected chi connectivity index (χ0v) is 40.1. The minimum absolute atomic E-state index is 0.0117. The number of amides is 7. The Morgan fingerprint density at radius 1 is 0.704 bits per heavy atom. The predicted octanol–water partition coefficient (Wildman–Crippen LogP) is 7.12. The molecule has 4 heterocycles. The molecule has 5 aromatic rings. The molecule has 1 unspecified atom stereocenters. The maximum absolute atomic E-state index is 13.5. The first-order valence-electron chi connectivity index (χ1n) is 25.1. The number of anilines is 2. The molecule has 1 aromatic heterocycles. The van der Waals surface area contributed by atoms with Gasteiger partial charge < -0.3 is 25.8 Å². The Morgan fingerprint density at radius 3 is 2.20 bits per heavy atom. The molecule has 16 heteroatoms. The van der Waals surface area contributed by atoms with Crippen molar-refractivity contribution in [1.82, 2.24) is 30.3 Å². The van der Waals surface area contributed by atoms with Crippen LogP contribution in [0, 0.1) is 11.3 Å². The average Bonchev–Trinajstić information content (AvgIpc) is 3.64. The summed E-state index contributed by atoms with van der Waals surface area (Å²) in [6, 6.07) is 25.6. The van der Waals surface area contributed by atoms with Crippen LogP contribution >= 0.6 is 0 Å². The molecule has 4 aromatic carbocycles. The van der Waals surface area contributed by atoms with E-state index in [9.17, 15) is 38.8 Å². The molecule has 1 atom stereocenters. The molecule has 2 saturated heterocycles. The van der Waals surface area contributed by atoms with Crippen molar-refractivity contribution in [3.05, 3.63) is 113 Å². The van der Waals surface area contributed by atoms with Gasteiger partial charge in [0.25, 0.3) is 17.7 Å². The van der Waals surface area contributed by atoms with Crippen LogP contribution in [0.15, 0.2) is 85.1 Å². The minimum atomic E-state index is -1.04. The largest absolute Gasteiger partial charge is 0.384 e. The van der Waals surface area contributed by atoms with Crippen LogP contribution in [0.1, 0.15) is 126 Å². The van der Waals surface area contributed by atoms with E-state index < -0.39 is 29.7 Å². The number of unbranched alkanes of at least 4 members (excludes halogenated alkanes) is 8. The SMILES string of the molecule is N#Cc1ccc2nccc(NCCc3ccc4cc(C(=O)N5CCN(C(=O)CCCCCCCCCCCNC(=O)CCNc6cccc7c6C(=O)N(C6CCC(=O)NC6=O)C7=O)CC5)ccc4c3)c2c1. The number of hydrogen-bond donors (Lipinski definition) is 4. The molecule has 8 rings (SSSR count). The first-order valence-corrected chi connectivity index (χ1v) is 25.1. The lowest BCUT2D eigenvalue weighted by atomic mass is 10.0. The highest BCUT2D eigenvalue weighted by Crippen LogP contribution is 2.32. The molecule has 2 fully saturated rings. The second-order valence-corrected chi connectivity index (χ2v) is 18.6. The van der Waals surface area contributed by atoms with Gasteiger partial charge in [0.2, 0.25) is 23.6 Å². The Morgan fingerprint density at radius 2 is 1.42 bits per heavy atom. The molecule has 0 radical (unpaired) electrons. The number of piperazine rings is 1. The monoisotopic (exact) mass is 959 g/mol. The van der Waals surface area contributed by atoms with Crippen molar-refractivity contribution >= 4 is 74.4 Å². The van der Waals surface area contributed by atoms with Crippen LogP contribution in [0.4, 0.5) is 11.4 Å². The van der Waals surface area contributed by atoms with Crippen LogP contribution in [-0.4, -0.2) is 113 Å². The van der Waals surface area contributed by atoms with Gasteiger partial charge in [-0.25, -0.2) is 0 Å². The first kappa shape index (κ1) is 49.7. The van der Waals surface area contributed by atoms with Gasteiger partial charge in [-0.15, -0.1) is 0 Å². The number of hydrogen-bond acceptors (Lipinski definition) is 11. The van der Waals surface area contributed by atoms with Crippen molar-refractivity contribution in [3.8, 4) is 6.07 Å². The summed E-state index contributed by atoms with van der Waals surface area (Å²) in [5.41, 5.74) is 4.99. The number of fused-ring (bicyclic) bond motifs is 3. The third-order valence-corrected chi connectivity index (χ3v) is 13.7. The van der Waals surface area contributed by atoms with Gasteiger partial charge in [-0.3, -0.25) is 48.8 Å². The van der Waals surface area contributed by atoms with Crippen LogP contribution < -0.4 is 21.3 Å². The standard InChI is InChI=1S/C55H61N9O7/c56-36-38-15-19-44-43(34-38)45(23-27-58-44)57-26-22-37-14-16-40-35-41(18-17-39(40)33-37)53(69)63-31-29-62(30-32-63)50(67)13-8-6-4-2-1-3-5-7-9-25-60-48(65)24-28-59-46-12-10-11-42-51(46)55(71)64(54(42)70)47-20-21-49(66)61-52(47)68/h10-12,14-19,23,27,33-35,47,59H,1-9,13,20-22,24-26,28-32H2,(H,57,58)(H,60,65)(H,61,66,68). The molecule has 0 saturated carbocycles. The van der Waals surface area contributed by atoms with Gasteiger partial charge in [-0.1, -0.05) is 75.3 Å². The summed E-state index contributed by atoms with van der Waals surface area (Å²) in [4.78, 5) is 98.4. The summed E-state index contributed by atoms with van der Waals surface area (Å²) in [6.07, 6.45) is 12.8. The van der Waals surface area contributed by atoms with E-state index in [4.69, 9.17) is 0 Å². The third-order valence-electron chi connectivity index (χ3n) is 13.7. The maximum atomic E-state index is 13.5.